The molecule has 1 saturated carbocycles. The van der Waals surface area contributed by atoms with Gasteiger partial charge in [-0.2, -0.15) is 5.10 Å². The largest absolute Gasteiger partial charge is 0.313 e. The normalized spacial score (nSPS) is 18.1. The van der Waals surface area contributed by atoms with Crippen LogP contribution in [0.2, 0.25) is 0 Å². The van der Waals surface area contributed by atoms with Crippen LogP contribution in [0.15, 0.2) is 0 Å². The van der Waals surface area contributed by atoms with E-state index < -0.39 is 0 Å². The Hall–Kier alpha value is -0.830. The van der Waals surface area contributed by atoms with Gasteiger partial charge in [-0.25, -0.2) is 0 Å². The third kappa shape index (κ3) is 3.68. The highest BCUT2D eigenvalue weighted by atomic mass is 15.3. The second-order valence-corrected chi connectivity index (χ2v) is 6.45. The molecule has 3 nitrogen and oxygen atoms in total. The summed E-state index contributed by atoms with van der Waals surface area (Å²) < 4.78 is 2.35. The molecule has 1 aromatic rings. The summed E-state index contributed by atoms with van der Waals surface area (Å²) in [5, 5.41) is 8.47. The lowest BCUT2D eigenvalue weighted by Crippen LogP contribution is -2.19. The maximum Gasteiger partial charge on any atom is 0.0672 e. The zero-order valence-electron chi connectivity index (χ0n) is 14.4. The van der Waals surface area contributed by atoms with Crippen molar-refractivity contribution in [1.29, 1.82) is 0 Å². The van der Waals surface area contributed by atoms with Crippen molar-refractivity contribution in [3.63, 3.8) is 0 Å². The van der Waals surface area contributed by atoms with Gasteiger partial charge in [-0.1, -0.05) is 40.0 Å². The first kappa shape index (κ1) is 16.5. The first-order chi connectivity index (χ1) is 10.2. The van der Waals surface area contributed by atoms with Crippen LogP contribution in [-0.2, 0) is 19.4 Å². The molecule has 21 heavy (non-hydrogen) atoms. The van der Waals surface area contributed by atoms with Crippen molar-refractivity contribution in [1.82, 2.24) is 15.1 Å². The zero-order valence-corrected chi connectivity index (χ0v) is 14.4. The maximum absolute atomic E-state index is 4.99. The van der Waals surface area contributed by atoms with Crippen LogP contribution in [0, 0.1) is 5.92 Å². The Morgan fingerprint density at radius 2 is 1.86 bits per heavy atom. The van der Waals surface area contributed by atoms with Gasteiger partial charge in [0.2, 0.25) is 0 Å². The minimum Gasteiger partial charge on any atom is -0.313 e. The second kappa shape index (κ2) is 7.98. The van der Waals surface area contributed by atoms with E-state index >= 15 is 0 Å². The highest BCUT2D eigenvalue weighted by Crippen LogP contribution is 2.29. The molecule has 0 bridgehead atoms. The van der Waals surface area contributed by atoms with Gasteiger partial charge < -0.3 is 5.32 Å². The summed E-state index contributed by atoms with van der Waals surface area (Å²) in [6, 6.07) is 0.454. The summed E-state index contributed by atoms with van der Waals surface area (Å²) in [5.41, 5.74) is 4.27. The van der Waals surface area contributed by atoms with Gasteiger partial charge in [0.1, 0.15) is 0 Å². The fraction of sp³-hybridized carbons (Fsp3) is 0.833. The molecule has 2 rings (SSSR count). The first-order valence-corrected chi connectivity index (χ1v) is 9.00. The van der Waals surface area contributed by atoms with Crippen LogP contribution in [0.1, 0.15) is 82.3 Å². The number of aryl methyl sites for hydroxylation is 1. The number of rotatable bonds is 7. The van der Waals surface area contributed by atoms with Gasteiger partial charge in [0.25, 0.3) is 0 Å². The zero-order chi connectivity index (χ0) is 15.2. The van der Waals surface area contributed by atoms with E-state index in [2.05, 4.69) is 37.8 Å². The average Bonchev–Trinajstić information content (AvgIpc) is 2.87. The highest BCUT2D eigenvalue weighted by molar-refractivity contribution is 5.30. The van der Waals surface area contributed by atoms with Gasteiger partial charge in [0.05, 0.1) is 5.69 Å². The van der Waals surface area contributed by atoms with Gasteiger partial charge in [-0.05, 0) is 45.1 Å². The predicted octanol–water partition coefficient (Wildman–Crippen LogP) is 4.26. The van der Waals surface area contributed by atoms with Crippen molar-refractivity contribution >= 4 is 0 Å². The summed E-state index contributed by atoms with van der Waals surface area (Å²) in [5.74, 6) is 0.844. The predicted molar refractivity (Wildman–Crippen MR) is 89.6 cm³/mol. The van der Waals surface area contributed by atoms with Crippen molar-refractivity contribution in [3.8, 4) is 0 Å². The molecule has 0 spiro atoms. The summed E-state index contributed by atoms with van der Waals surface area (Å²) in [6.45, 7) is 7.91. The molecule has 1 heterocycles. The molecule has 0 aromatic carbocycles. The lowest BCUT2D eigenvalue weighted by Gasteiger charge is -2.23. The molecule has 1 unspecified atom stereocenters. The van der Waals surface area contributed by atoms with Gasteiger partial charge in [-0.15, -0.1) is 0 Å². The molecule has 1 N–H and O–H groups in total. The molecule has 1 aromatic heterocycles. The monoisotopic (exact) mass is 291 g/mol. The molecule has 1 aliphatic rings. The van der Waals surface area contributed by atoms with Crippen LogP contribution >= 0.6 is 0 Å². The van der Waals surface area contributed by atoms with Gasteiger partial charge in [0, 0.05) is 23.8 Å². The summed E-state index contributed by atoms with van der Waals surface area (Å²) >= 11 is 0. The molecular formula is C18H33N3. The molecule has 1 aliphatic carbocycles. The van der Waals surface area contributed by atoms with E-state index in [1.54, 1.807) is 0 Å². The summed E-state index contributed by atoms with van der Waals surface area (Å²) in [7, 11) is 2.07. The molecule has 3 heteroatoms. The van der Waals surface area contributed by atoms with Crippen molar-refractivity contribution in [2.45, 2.75) is 84.7 Å². The maximum atomic E-state index is 4.99. The Morgan fingerprint density at radius 1 is 1.14 bits per heavy atom. The van der Waals surface area contributed by atoms with E-state index in [0.29, 0.717) is 6.04 Å². The number of hydrogen-bond acceptors (Lipinski definition) is 2. The number of hydrogen-bond donors (Lipinski definition) is 1. The van der Waals surface area contributed by atoms with Gasteiger partial charge in [-0.3, -0.25) is 4.68 Å². The Morgan fingerprint density at radius 3 is 2.38 bits per heavy atom. The average molecular weight is 291 g/mol. The lowest BCUT2D eigenvalue weighted by molar-refractivity contribution is 0.304. The Labute approximate surface area is 130 Å². The molecule has 1 fully saturated rings. The van der Waals surface area contributed by atoms with E-state index in [9.17, 15) is 0 Å². The van der Waals surface area contributed by atoms with Gasteiger partial charge >= 0.3 is 0 Å². The fourth-order valence-corrected chi connectivity index (χ4v) is 3.92. The number of aromatic nitrogens is 2. The standard InChI is InChI=1S/C18H33N3/c1-5-15(19-4)18-16(6-2)20-21(17(18)7-3)13-14-11-9-8-10-12-14/h14-15,19H,5-13H2,1-4H3. The van der Waals surface area contributed by atoms with Crippen molar-refractivity contribution in [2.24, 2.45) is 5.92 Å². The van der Waals surface area contributed by atoms with Crippen LogP contribution in [0.3, 0.4) is 0 Å². The van der Waals surface area contributed by atoms with Crippen LogP contribution in [0.25, 0.3) is 0 Å². The molecule has 0 amide bonds. The van der Waals surface area contributed by atoms with E-state index in [-0.39, 0.29) is 0 Å². The first-order valence-electron chi connectivity index (χ1n) is 9.00. The molecular weight excluding hydrogens is 258 g/mol. The summed E-state index contributed by atoms with van der Waals surface area (Å²) in [4.78, 5) is 0. The Balaban J connectivity index is 2.28. The van der Waals surface area contributed by atoms with Crippen LogP contribution < -0.4 is 5.32 Å². The summed E-state index contributed by atoms with van der Waals surface area (Å²) in [6.07, 6.45) is 10.3. The highest BCUT2D eigenvalue weighted by Gasteiger charge is 2.23. The molecule has 0 saturated heterocycles. The topological polar surface area (TPSA) is 29.9 Å². The van der Waals surface area contributed by atoms with Crippen molar-refractivity contribution < 1.29 is 0 Å². The Bertz CT molecular complexity index is 426. The molecule has 1 atom stereocenters. The van der Waals surface area contributed by atoms with Crippen molar-refractivity contribution in [2.75, 3.05) is 7.05 Å². The fourth-order valence-electron chi connectivity index (χ4n) is 3.92. The lowest BCUT2D eigenvalue weighted by atomic mass is 9.89. The van der Waals surface area contributed by atoms with E-state index in [1.807, 2.05) is 0 Å². The smallest absolute Gasteiger partial charge is 0.0672 e. The number of nitrogens with zero attached hydrogens (tertiary/aromatic N) is 2. The SMILES string of the molecule is CCc1nn(CC2CCCCC2)c(CC)c1C(CC)NC. The van der Waals surface area contributed by atoms with E-state index in [0.717, 1.165) is 31.7 Å². The van der Waals surface area contributed by atoms with Crippen molar-refractivity contribution in [3.05, 3.63) is 17.0 Å². The van der Waals surface area contributed by atoms with E-state index in [1.165, 1.54) is 49.1 Å². The van der Waals surface area contributed by atoms with Crippen LogP contribution in [-0.4, -0.2) is 16.8 Å². The molecule has 0 aliphatic heterocycles. The van der Waals surface area contributed by atoms with Gasteiger partial charge in [0.15, 0.2) is 0 Å². The minimum atomic E-state index is 0.454. The third-order valence-electron chi connectivity index (χ3n) is 5.11. The molecule has 0 radical (unpaired) electrons. The van der Waals surface area contributed by atoms with E-state index in [4.69, 9.17) is 5.10 Å². The molecule has 120 valence electrons. The quantitative estimate of drug-likeness (QED) is 0.813. The minimum absolute atomic E-state index is 0.454. The number of nitrogens with one attached hydrogen (secondary N) is 1. The second-order valence-electron chi connectivity index (χ2n) is 6.45. The Kier molecular flexibility index (Phi) is 6.28. The van der Waals surface area contributed by atoms with Crippen LogP contribution in [0.4, 0.5) is 0 Å². The third-order valence-corrected chi connectivity index (χ3v) is 5.11. The van der Waals surface area contributed by atoms with Crippen LogP contribution in [0.5, 0.6) is 0 Å².